The number of nitrogens with zero attached hydrogens (tertiary/aromatic N) is 5. The second-order valence-electron chi connectivity index (χ2n) is 5.87. The Morgan fingerprint density at radius 2 is 2.00 bits per heavy atom. The van der Waals surface area contributed by atoms with Crippen molar-refractivity contribution in [2.75, 3.05) is 5.32 Å². The zero-order valence-electron chi connectivity index (χ0n) is 14.3. The molecule has 1 atom stereocenters. The highest BCUT2D eigenvalue weighted by molar-refractivity contribution is 6.42. The van der Waals surface area contributed by atoms with Gasteiger partial charge in [-0.15, -0.1) is 0 Å². The van der Waals surface area contributed by atoms with E-state index in [1.54, 1.807) is 36.0 Å². The van der Waals surface area contributed by atoms with Crippen LogP contribution in [0.1, 0.15) is 18.5 Å². The molecule has 146 valence electrons. The van der Waals surface area contributed by atoms with Gasteiger partial charge in [-0.3, -0.25) is 24.3 Å². The summed E-state index contributed by atoms with van der Waals surface area (Å²) in [6.07, 6.45) is 3.81. The minimum atomic E-state index is -0.801. The Morgan fingerprint density at radius 3 is 2.64 bits per heavy atom. The average Bonchev–Trinajstić information content (AvgIpc) is 3.25. The van der Waals surface area contributed by atoms with Crippen molar-refractivity contribution in [2.45, 2.75) is 19.5 Å². The average molecular weight is 444 g/mol. The first-order chi connectivity index (χ1) is 13.2. The van der Waals surface area contributed by atoms with Crippen LogP contribution in [0.15, 0.2) is 36.8 Å². The monoisotopic (exact) mass is 442 g/mol. The summed E-state index contributed by atoms with van der Waals surface area (Å²) in [6.45, 7) is 1.92. The van der Waals surface area contributed by atoms with E-state index in [1.807, 2.05) is 0 Å². The number of nitro groups is 1. The van der Waals surface area contributed by atoms with Crippen molar-refractivity contribution in [1.82, 2.24) is 19.6 Å². The summed E-state index contributed by atoms with van der Waals surface area (Å²) in [5.74, 6) is -0.306. The van der Waals surface area contributed by atoms with Crippen LogP contribution in [0.2, 0.25) is 15.1 Å². The molecule has 0 bridgehead atoms. The highest BCUT2D eigenvalue weighted by atomic mass is 35.5. The molecule has 2 aromatic heterocycles. The number of hydrogen-bond donors (Lipinski definition) is 1. The maximum Gasteiger partial charge on any atom is 0.307 e. The SMILES string of the molecule is CC(C(=O)Nc1nn(Cc2ccc(Cl)c(Cl)c2)cc1Cl)n1cc([N+](=O)[O-])cn1. The van der Waals surface area contributed by atoms with Crippen LogP contribution in [-0.4, -0.2) is 30.4 Å². The lowest BCUT2D eigenvalue weighted by Gasteiger charge is -2.11. The predicted molar refractivity (Wildman–Crippen MR) is 105 cm³/mol. The summed E-state index contributed by atoms with van der Waals surface area (Å²) in [5.41, 5.74) is 0.646. The van der Waals surface area contributed by atoms with E-state index in [9.17, 15) is 14.9 Å². The summed E-state index contributed by atoms with van der Waals surface area (Å²) in [5, 5.41) is 22.5. The topological polar surface area (TPSA) is 108 Å². The summed E-state index contributed by atoms with van der Waals surface area (Å²) in [7, 11) is 0. The molecule has 0 spiro atoms. The number of nitrogens with one attached hydrogen (secondary N) is 1. The molecular formula is C16H13Cl3N6O3. The van der Waals surface area contributed by atoms with Crippen LogP contribution < -0.4 is 5.32 Å². The minimum absolute atomic E-state index is 0.167. The third-order valence-electron chi connectivity index (χ3n) is 3.86. The van der Waals surface area contributed by atoms with Gasteiger partial charge in [-0.2, -0.15) is 10.2 Å². The Labute approximate surface area is 173 Å². The van der Waals surface area contributed by atoms with E-state index in [-0.39, 0.29) is 16.5 Å². The lowest BCUT2D eigenvalue weighted by Crippen LogP contribution is -2.24. The van der Waals surface area contributed by atoms with Crippen LogP contribution >= 0.6 is 34.8 Å². The first kappa shape index (κ1) is 20.1. The third kappa shape index (κ3) is 4.44. The zero-order valence-corrected chi connectivity index (χ0v) is 16.6. The highest BCUT2D eigenvalue weighted by Gasteiger charge is 2.21. The third-order valence-corrected chi connectivity index (χ3v) is 4.88. The molecule has 0 saturated carbocycles. The lowest BCUT2D eigenvalue weighted by atomic mass is 10.2. The molecular weight excluding hydrogens is 431 g/mol. The van der Waals surface area contributed by atoms with Crippen molar-refractivity contribution < 1.29 is 9.72 Å². The Morgan fingerprint density at radius 1 is 1.25 bits per heavy atom. The zero-order chi connectivity index (χ0) is 20.4. The largest absolute Gasteiger partial charge is 0.307 e. The van der Waals surface area contributed by atoms with Crippen LogP contribution in [0.25, 0.3) is 0 Å². The fraction of sp³-hybridized carbons (Fsp3) is 0.188. The van der Waals surface area contributed by atoms with Gasteiger partial charge in [-0.25, -0.2) is 0 Å². The Hall–Kier alpha value is -2.62. The second-order valence-corrected chi connectivity index (χ2v) is 7.09. The number of benzene rings is 1. The lowest BCUT2D eigenvalue weighted by molar-refractivity contribution is -0.385. The summed E-state index contributed by atoms with van der Waals surface area (Å²) >= 11 is 18.1. The summed E-state index contributed by atoms with van der Waals surface area (Å²) in [4.78, 5) is 22.6. The second kappa shape index (κ2) is 8.17. The molecule has 28 heavy (non-hydrogen) atoms. The number of anilines is 1. The molecule has 0 aliphatic rings. The molecule has 0 aliphatic heterocycles. The van der Waals surface area contributed by atoms with E-state index in [0.717, 1.165) is 11.8 Å². The molecule has 1 unspecified atom stereocenters. The van der Waals surface area contributed by atoms with Crippen molar-refractivity contribution in [3.63, 3.8) is 0 Å². The van der Waals surface area contributed by atoms with Crippen molar-refractivity contribution in [2.24, 2.45) is 0 Å². The van der Waals surface area contributed by atoms with Crippen molar-refractivity contribution >= 4 is 52.2 Å². The predicted octanol–water partition coefficient (Wildman–Crippen LogP) is 4.20. The standard InChI is InChI=1S/C16H13Cl3N6O3/c1-9(24-7-11(5-20-24)25(27)28)16(26)21-15-14(19)8-23(22-15)6-10-2-3-12(17)13(18)4-10/h2-5,7-9H,6H2,1H3,(H,21,22,26). The van der Waals surface area contributed by atoms with Gasteiger partial charge in [-0.1, -0.05) is 40.9 Å². The van der Waals surface area contributed by atoms with Crippen LogP contribution in [0, 0.1) is 10.1 Å². The molecule has 12 heteroatoms. The van der Waals surface area contributed by atoms with Gasteiger partial charge in [0, 0.05) is 6.20 Å². The summed E-state index contributed by atoms with van der Waals surface area (Å²) < 4.78 is 2.73. The van der Waals surface area contributed by atoms with E-state index >= 15 is 0 Å². The van der Waals surface area contributed by atoms with Crippen LogP contribution in [-0.2, 0) is 11.3 Å². The fourth-order valence-corrected chi connectivity index (χ4v) is 2.88. The molecule has 3 aromatic rings. The summed E-state index contributed by atoms with van der Waals surface area (Å²) in [6, 6.07) is 4.39. The van der Waals surface area contributed by atoms with Gasteiger partial charge in [0.15, 0.2) is 5.82 Å². The maximum absolute atomic E-state index is 12.4. The van der Waals surface area contributed by atoms with Crippen LogP contribution in [0.5, 0.6) is 0 Å². The molecule has 1 N–H and O–H groups in total. The van der Waals surface area contributed by atoms with E-state index < -0.39 is 16.9 Å². The van der Waals surface area contributed by atoms with Gasteiger partial charge in [0.25, 0.3) is 0 Å². The van der Waals surface area contributed by atoms with Crippen molar-refractivity contribution in [3.05, 3.63) is 67.5 Å². The quantitative estimate of drug-likeness (QED) is 0.454. The van der Waals surface area contributed by atoms with Gasteiger partial charge < -0.3 is 5.32 Å². The normalized spacial score (nSPS) is 12.0. The fourth-order valence-electron chi connectivity index (χ4n) is 2.36. The van der Waals surface area contributed by atoms with Gasteiger partial charge in [0.05, 0.1) is 21.5 Å². The van der Waals surface area contributed by atoms with E-state index in [1.165, 1.54) is 10.9 Å². The van der Waals surface area contributed by atoms with E-state index in [0.29, 0.717) is 16.6 Å². The number of aromatic nitrogens is 4. The number of rotatable bonds is 6. The maximum atomic E-state index is 12.4. The Balaban J connectivity index is 1.70. The van der Waals surface area contributed by atoms with Crippen molar-refractivity contribution in [3.8, 4) is 0 Å². The number of carbonyl (C=O) groups excluding carboxylic acids is 1. The van der Waals surface area contributed by atoms with E-state index in [2.05, 4.69) is 15.5 Å². The molecule has 0 aliphatic carbocycles. The Kier molecular flexibility index (Phi) is 5.87. The number of carbonyl (C=O) groups is 1. The Bertz CT molecular complexity index is 1050. The molecule has 0 saturated heterocycles. The molecule has 2 heterocycles. The highest BCUT2D eigenvalue weighted by Crippen LogP contribution is 2.25. The van der Waals surface area contributed by atoms with Gasteiger partial charge in [0.2, 0.25) is 5.91 Å². The smallest absolute Gasteiger partial charge is 0.306 e. The number of amides is 1. The molecule has 0 radical (unpaired) electrons. The number of hydrogen-bond acceptors (Lipinski definition) is 5. The molecule has 0 fully saturated rings. The van der Waals surface area contributed by atoms with Crippen LogP contribution in [0.3, 0.4) is 0 Å². The van der Waals surface area contributed by atoms with Gasteiger partial charge >= 0.3 is 5.69 Å². The van der Waals surface area contributed by atoms with Crippen molar-refractivity contribution in [1.29, 1.82) is 0 Å². The first-order valence-corrected chi connectivity index (χ1v) is 9.04. The molecule has 9 nitrogen and oxygen atoms in total. The number of halogens is 3. The van der Waals surface area contributed by atoms with Gasteiger partial charge in [-0.05, 0) is 24.6 Å². The van der Waals surface area contributed by atoms with Gasteiger partial charge in [0.1, 0.15) is 23.5 Å². The van der Waals surface area contributed by atoms with Crippen LogP contribution in [0.4, 0.5) is 11.5 Å². The minimum Gasteiger partial charge on any atom is -0.306 e. The molecule has 1 amide bonds. The van der Waals surface area contributed by atoms with E-state index in [4.69, 9.17) is 34.8 Å². The molecule has 3 rings (SSSR count). The molecule has 1 aromatic carbocycles. The first-order valence-electron chi connectivity index (χ1n) is 7.91.